The van der Waals surface area contributed by atoms with Crippen molar-refractivity contribution in [2.24, 2.45) is 0 Å². The topological polar surface area (TPSA) is 54.6 Å². The first kappa shape index (κ1) is 14.0. The molecule has 116 valence electrons. The van der Waals surface area contributed by atoms with Crippen molar-refractivity contribution in [3.63, 3.8) is 0 Å². The summed E-state index contributed by atoms with van der Waals surface area (Å²) in [5.41, 5.74) is 3.94. The summed E-state index contributed by atoms with van der Waals surface area (Å²) in [6.45, 7) is 4.07. The minimum atomic E-state index is -0.306. The zero-order chi connectivity index (χ0) is 15.3. The van der Waals surface area contributed by atoms with Crippen molar-refractivity contribution in [2.45, 2.75) is 32.8 Å². The number of carbonyl (C=O) groups excluding carboxylic acids is 1. The highest BCUT2D eigenvalue weighted by molar-refractivity contribution is 7.34. The van der Waals surface area contributed by atoms with Crippen LogP contribution >= 0.6 is 8.88 Å². The lowest BCUT2D eigenvalue weighted by atomic mass is 10.2. The number of aromatic nitrogens is 2. The fourth-order valence-electron chi connectivity index (χ4n) is 2.82. The quantitative estimate of drug-likeness (QED) is 0.550. The van der Waals surface area contributed by atoms with Crippen LogP contribution in [0.2, 0.25) is 0 Å². The molecule has 0 spiro atoms. The van der Waals surface area contributed by atoms with Crippen molar-refractivity contribution in [3.8, 4) is 0 Å². The van der Waals surface area contributed by atoms with Crippen molar-refractivity contribution >= 4 is 14.9 Å². The highest BCUT2D eigenvalue weighted by Gasteiger charge is 2.33. The number of ether oxygens (including phenoxy) is 3. The molecule has 0 bridgehead atoms. The molecule has 2 aliphatic rings. The molecular formula is C15H17N2O4P. The lowest BCUT2D eigenvalue weighted by molar-refractivity contribution is -0.384. The SMILES string of the molecule is CCOC(=O)c1ccc2n1Pn1c(ccc1C1OC(C)O1)C2. The van der Waals surface area contributed by atoms with Crippen LogP contribution in [0.3, 0.4) is 0 Å². The summed E-state index contributed by atoms with van der Waals surface area (Å²) in [5.74, 6) is -0.275. The van der Waals surface area contributed by atoms with E-state index in [9.17, 15) is 4.79 Å². The summed E-state index contributed by atoms with van der Waals surface area (Å²) < 4.78 is 20.5. The number of rotatable bonds is 3. The van der Waals surface area contributed by atoms with Gasteiger partial charge in [-0.1, -0.05) is 0 Å². The van der Waals surface area contributed by atoms with E-state index in [0.29, 0.717) is 12.3 Å². The predicted octanol–water partition coefficient (Wildman–Crippen LogP) is 2.67. The van der Waals surface area contributed by atoms with Crippen molar-refractivity contribution in [1.82, 2.24) is 8.68 Å². The molecule has 2 aromatic rings. The monoisotopic (exact) mass is 320 g/mol. The number of hydrogen-bond acceptors (Lipinski definition) is 4. The molecule has 4 rings (SSSR count). The van der Waals surface area contributed by atoms with Crippen LogP contribution in [-0.2, 0) is 20.6 Å². The highest BCUT2D eigenvalue weighted by Crippen LogP contribution is 2.40. The minimum Gasteiger partial charge on any atom is -0.461 e. The molecule has 7 heteroatoms. The molecule has 1 fully saturated rings. The average molecular weight is 320 g/mol. The number of nitrogens with zero attached hydrogens (tertiary/aromatic N) is 2. The molecule has 1 atom stereocenters. The van der Waals surface area contributed by atoms with Crippen LogP contribution < -0.4 is 0 Å². The van der Waals surface area contributed by atoms with Gasteiger partial charge in [-0.05, 0) is 38.1 Å². The Morgan fingerprint density at radius 2 is 2.00 bits per heavy atom. The van der Waals surface area contributed by atoms with Gasteiger partial charge in [-0.15, -0.1) is 0 Å². The molecule has 0 amide bonds. The van der Waals surface area contributed by atoms with Gasteiger partial charge in [-0.3, -0.25) is 0 Å². The second-order valence-corrected chi connectivity index (χ2v) is 6.39. The summed E-state index contributed by atoms with van der Waals surface area (Å²) >= 11 is 0. The fraction of sp³-hybridized carbons (Fsp3) is 0.400. The number of fused-ring (bicyclic) bond motifs is 2. The minimum absolute atomic E-state index is 0.152. The number of carbonyl (C=O) groups is 1. The van der Waals surface area contributed by atoms with E-state index in [4.69, 9.17) is 14.2 Å². The molecule has 0 N–H and O–H groups in total. The lowest BCUT2D eigenvalue weighted by Gasteiger charge is -2.35. The van der Waals surface area contributed by atoms with Crippen LogP contribution in [0.4, 0.5) is 0 Å². The Labute approximate surface area is 129 Å². The maximum absolute atomic E-state index is 12.1. The first-order valence-electron chi connectivity index (χ1n) is 7.33. The molecule has 0 saturated carbocycles. The van der Waals surface area contributed by atoms with Gasteiger partial charge in [0.25, 0.3) is 0 Å². The number of esters is 1. The Hall–Kier alpha value is -1.62. The highest BCUT2D eigenvalue weighted by atomic mass is 31.1. The first-order valence-corrected chi connectivity index (χ1v) is 8.23. The average Bonchev–Trinajstić information content (AvgIpc) is 3.05. The second kappa shape index (κ2) is 5.23. The summed E-state index contributed by atoms with van der Waals surface area (Å²) in [4.78, 5) is 12.1. The summed E-state index contributed by atoms with van der Waals surface area (Å²) in [6, 6.07) is 7.96. The van der Waals surface area contributed by atoms with Crippen LogP contribution in [0.1, 0.15) is 47.7 Å². The molecule has 4 heterocycles. The maximum Gasteiger partial charge on any atom is 0.355 e. The molecular weight excluding hydrogens is 303 g/mol. The van der Waals surface area contributed by atoms with Crippen molar-refractivity contribution in [2.75, 3.05) is 6.61 Å². The third kappa shape index (κ3) is 2.10. The van der Waals surface area contributed by atoms with Gasteiger partial charge in [-0.2, -0.15) is 0 Å². The van der Waals surface area contributed by atoms with Crippen molar-refractivity contribution in [3.05, 3.63) is 47.0 Å². The molecule has 22 heavy (non-hydrogen) atoms. The zero-order valence-corrected chi connectivity index (χ0v) is 13.4. The van der Waals surface area contributed by atoms with Crippen LogP contribution in [0.25, 0.3) is 0 Å². The lowest BCUT2D eigenvalue weighted by Crippen LogP contribution is -2.33. The molecule has 1 unspecified atom stereocenters. The van der Waals surface area contributed by atoms with Gasteiger partial charge in [0.05, 0.1) is 21.2 Å². The molecule has 0 aromatic carbocycles. The fourth-order valence-corrected chi connectivity index (χ4v) is 4.16. The van der Waals surface area contributed by atoms with E-state index < -0.39 is 0 Å². The molecule has 0 aliphatic carbocycles. The van der Waals surface area contributed by atoms with E-state index in [1.807, 2.05) is 36.4 Å². The van der Waals surface area contributed by atoms with Gasteiger partial charge >= 0.3 is 5.97 Å². The smallest absolute Gasteiger partial charge is 0.355 e. The Kier molecular flexibility index (Phi) is 3.33. The maximum atomic E-state index is 12.1. The second-order valence-electron chi connectivity index (χ2n) is 5.30. The summed E-state index contributed by atoms with van der Waals surface area (Å²) in [7, 11) is 0.282. The Bertz CT molecular complexity index is 730. The largest absolute Gasteiger partial charge is 0.461 e. The molecule has 1 saturated heterocycles. The molecule has 0 radical (unpaired) electrons. The van der Waals surface area contributed by atoms with E-state index >= 15 is 0 Å². The van der Waals surface area contributed by atoms with Crippen molar-refractivity contribution < 1.29 is 19.0 Å². The molecule has 2 aromatic heterocycles. The molecule has 2 aliphatic heterocycles. The first-order chi connectivity index (χ1) is 10.7. The van der Waals surface area contributed by atoms with Gasteiger partial charge in [0.15, 0.2) is 6.29 Å². The van der Waals surface area contributed by atoms with E-state index in [2.05, 4.69) is 10.4 Å². The normalized spacial score (nSPS) is 23.7. The van der Waals surface area contributed by atoms with Gasteiger partial charge in [0.1, 0.15) is 5.69 Å². The standard InChI is InChI=1S/C15H17N2O4P/c1-3-19-14(18)12-6-4-10-8-11-5-7-13(15-20-9(2)21-15)17(11)22-16(10)12/h4-7,9,15,22H,3,8H2,1-2H3. The van der Waals surface area contributed by atoms with Crippen LogP contribution in [-0.4, -0.2) is 27.5 Å². The van der Waals surface area contributed by atoms with E-state index in [-0.39, 0.29) is 27.4 Å². The zero-order valence-electron chi connectivity index (χ0n) is 12.4. The van der Waals surface area contributed by atoms with E-state index in [1.54, 1.807) is 0 Å². The Morgan fingerprint density at radius 3 is 2.73 bits per heavy atom. The Balaban J connectivity index is 1.65. The van der Waals surface area contributed by atoms with Crippen molar-refractivity contribution in [1.29, 1.82) is 0 Å². The Morgan fingerprint density at radius 1 is 1.27 bits per heavy atom. The number of hydrogen-bond donors (Lipinski definition) is 0. The van der Waals surface area contributed by atoms with E-state index in [0.717, 1.165) is 17.8 Å². The van der Waals surface area contributed by atoms with Crippen LogP contribution in [0.5, 0.6) is 0 Å². The van der Waals surface area contributed by atoms with E-state index in [1.165, 1.54) is 5.69 Å². The van der Waals surface area contributed by atoms with Gasteiger partial charge in [0, 0.05) is 17.8 Å². The predicted molar refractivity (Wildman–Crippen MR) is 81.1 cm³/mol. The summed E-state index contributed by atoms with van der Waals surface area (Å²) in [5, 5.41) is 0. The third-order valence-corrected chi connectivity index (χ3v) is 5.35. The summed E-state index contributed by atoms with van der Waals surface area (Å²) in [6.07, 6.45) is 0.328. The third-order valence-electron chi connectivity index (χ3n) is 3.87. The van der Waals surface area contributed by atoms with Gasteiger partial charge in [-0.25, -0.2) is 4.79 Å². The van der Waals surface area contributed by atoms with Gasteiger partial charge < -0.3 is 22.9 Å². The van der Waals surface area contributed by atoms with Gasteiger partial charge in [0.2, 0.25) is 6.29 Å². The molecule has 6 nitrogen and oxygen atoms in total. The van der Waals surface area contributed by atoms with Crippen LogP contribution in [0, 0.1) is 0 Å². The van der Waals surface area contributed by atoms with Crippen LogP contribution in [0.15, 0.2) is 24.3 Å².